The molecule has 0 radical (unpaired) electrons. The van der Waals surface area contributed by atoms with E-state index in [1.165, 1.54) is 11.5 Å². The quantitative estimate of drug-likeness (QED) is 0.706. The second kappa shape index (κ2) is 6.24. The first-order chi connectivity index (χ1) is 8.07. The standard InChI is InChI=1S/C11H18N2O4/c1-8-9(14)12-11(16)13(10(8)15)6-4-3-5-7-17-2/h15H,3-7H2,1-2H3,(H,12,14,16). The number of ether oxygens (including phenoxy) is 1. The number of aromatic hydroxyl groups is 1. The van der Waals surface area contributed by atoms with Crippen molar-refractivity contribution in [3.63, 3.8) is 0 Å². The maximum atomic E-state index is 11.5. The normalized spacial score (nSPS) is 10.7. The maximum absolute atomic E-state index is 11.5. The minimum absolute atomic E-state index is 0.168. The van der Waals surface area contributed by atoms with Gasteiger partial charge in [-0.05, 0) is 26.2 Å². The average Bonchev–Trinajstić information content (AvgIpc) is 2.30. The number of nitrogens with zero attached hydrogens (tertiary/aromatic N) is 1. The van der Waals surface area contributed by atoms with Crippen LogP contribution in [0.25, 0.3) is 0 Å². The summed E-state index contributed by atoms with van der Waals surface area (Å²) >= 11 is 0. The van der Waals surface area contributed by atoms with Gasteiger partial charge < -0.3 is 9.84 Å². The van der Waals surface area contributed by atoms with Crippen molar-refractivity contribution in [1.29, 1.82) is 0 Å². The van der Waals surface area contributed by atoms with Crippen LogP contribution in [0.2, 0.25) is 0 Å². The molecule has 0 aromatic carbocycles. The van der Waals surface area contributed by atoms with Gasteiger partial charge in [0.1, 0.15) is 0 Å². The Kier molecular flexibility index (Phi) is 4.96. The highest BCUT2D eigenvalue weighted by Gasteiger charge is 2.09. The maximum Gasteiger partial charge on any atom is 0.331 e. The first-order valence-electron chi connectivity index (χ1n) is 5.59. The molecule has 0 bridgehead atoms. The van der Waals surface area contributed by atoms with Gasteiger partial charge in [0.25, 0.3) is 5.56 Å². The predicted octanol–water partition coefficient (Wildman–Crippen LogP) is 0.367. The number of nitrogens with one attached hydrogen (secondary N) is 1. The molecule has 0 aliphatic carbocycles. The van der Waals surface area contributed by atoms with Crippen molar-refractivity contribution in [1.82, 2.24) is 9.55 Å². The summed E-state index contributed by atoms with van der Waals surface area (Å²) in [5, 5.41) is 9.68. The molecule has 6 heteroatoms. The van der Waals surface area contributed by atoms with Crippen molar-refractivity contribution in [2.24, 2.45) is 0 Å². The van der Waals surface area contributed by atoms with Crippen LogP contribution in [0.5, 0.6) is 5.88 Å². The number of hydrogen-bond donors (Lipinski definition) is 2. The third kappa shape index (κ3) is 3.45. The lowest BCUT2D eigenvalue weighted by Crippen LogP contribution is -2.31. The van der Waals surface area contributed by atoms with E-state index >= 15 is 0 Å². The Morgan fingerprint density at radius 1 is 1.29 bits per heavy atom. The minimum Gasteiger partial charge on any atom is -0.494 e. The molecule has 17 heavy (non-hydrogen) atoms. The van der Waals surface area contributed by atoms with Gasteiger partial charge in [-0.15, -0.1) is 0 Å². The average molecular weight is 242 g/mol. The Hall–Kier alpha value is -1.56. The molecule has 6 nitrogen and oxygen atoms in total. The molecule has 2 N–H and O–H groups in total. The second-order valence-electron chi connectivity index (χ2n) is 3.91. The first-order valence-corrected chi connectivity index (χ1v) is 5.59. The molecular weight excluding hydrogens is 224 g/mol. The van der Waals surface area contributed by atoms with Gasteiger partial charge in [-0.3, -0.25) is 14.3 Å². The lowest BCUT2D eigenvalue weighted by Gasteiger charge is -2.09. The van der Waals surface area contributed by atoms with Crippen molar-refractivity contribution in [2.75, 3.05) is 13.7 Å². The van der Waals surface area contributed by atoms with Gasteiger partial charge in [0, 0.05) is 20.3 Å². The van der Waals surface area contributed by atoms with E-state index in [0.717, 1.165) is 19.3 Å². The van der Waals surface area contributed by atoms with E-state index in [2.05, 4.69) is 4.98 Å². The Balaban J connectivity index is 2.69. The Morgan fingerprint density at radius 3 is 2.65 bits per heavy atom. The van der Waals surface area contributed by atoms with Crippen LogP contribution in [0.1, 0.15) is 24.8 Å². The van der Waals surface area contributed by atoms with Crippen LogP contribution in [0.15, 0.2) is 9.59 Å². The molecule has 1 heterocycles. The summed E-state index contributed by atoms with van der Waals surface area (Å²) in [5.74, 6) is -0.245. The zero-order valence-corrected chi connectivity index (χ0v) is 10.2. The minimum atomic E-state index is -0.565. The van der Waals surface area contributed by atoms with Gasteiger partial charge in [-0.2, -0.15) is 0 Å². The summed E-state index contributed by atoms with van der Waals surface area (Å²) in [6, 6.07) is 0. The monoisotopic (exact) mass is 242 g/mol. The second-order valence-corrected chi connectivity index (χ2v) is 3.91. The van der Waals surface area contributed by atoms with Crippen molar-refractivity contribution < 1.29 is 9.84 Å². The summed E-state index contributed by atoms with van der Waals surface area (Å²) in [5.41, 5.74) is -0.936. The van der Waals surface area contributed by atoms with Gasteiger partial charge in [0.05, 0.1) is 5.56 Å². The fraction of sp³-hybridized carbons (Fsp3) is 0.636. The van der Waals surface area contributed by atoms with Crippen LogP contribution >= 0.6 is 0 Å². The third-order valence-corrected chi connectivity index (χ3v) is 2.63. The molecule has 0 fully saturated rings. The highest BCUT2D eigenvalue weighted by molar-refractivity contribution is 5.20. The molecule has 0 saturated carbocycles. The lowest BCUT2D eigenvalue weighted by atomic mass is 10.2. The summed E-state index contributed by atoms with van der Waals surface area (Å²) in [6.07, 6.45) is 2.56. The Bertz CT molecular complexity index is 475. The fourth-order valence-corrected chi connectivity index (χ4v) is 1.56. The largest absolute Gasteiger partial charge is 0.494 e. The molecule has 0 saturated heterocycles. The fourth-order valence-electron chi connectivity index (χ4n) is 1.56. The molecule has 0 spiro atoms. The van der Waals surface area contributed by atoms with Crippen molar-refractivity contribution >= 4 is 0 Å². The molecule has 0 atom stereocenters. The predicted molar refractivity (Wildman–Crippen MR) is 63.5 cm³/mol. The lowest BCUT2D eigenvalue weighted by molar-refractivity contribution is 0.191. The summed E-state index contributed by atoms with van der Waals surface area (Å²) in [6.45, 7) is 2.56. The third-order valence-electron chi connectivity index (χ3n) is 2.63. The topological polar surface area (TPSA) is 84.3 Å². The number of aromatic amines is 1. The molecular formula is C11H18N2O4. The molecule has 0 aliphatic rings. The number of aromatic nitrogens is 2. The van der Waals surface area contributed by atoms with E-state index in [0.29, 0.717) is 13.2 Å². The van der Waals surface area contributed by atoms with E-state index < -0.39 is 11.2 Å². The Morgan fingerprint density at radius 2 is 2.00 bits per heavy atom. The van der Waals surface area contributed by atoms with Crippen LogP contribution in [-0.2, 0) is 11.3 Å². The van der Waals surface area contributed by atoms with Gasteiger partial charge in [0.2, 0.25) is 5.88 Å². The van der Waals surface area contributed by atoms with Gasteiger partial charge >= 0.3 is 5.69 Å². The van der Waals surface area contributed by atoms with Crippen LogP contribution in [0.4, 0.5) is 0 Å². The number of rotatable bonds is 6. The van der Waals surface area contributed by atoms with E-state index in [4.69, 9.17) is 4.74 Å². The van der Waals surface area contributed by atoms with E-state index in [1.807, 2.05) is 0 Å². The van der Waals surface area contributed by atoms with Crippen LogP contribution in [0, 0.1) is 6.92 Å². The van der Waals surface area contributed by atoms with Crippen LogP contribution in [0.3, 0.4) is 0 Å². The zero-order valence-electron chi connectivity index (χ0n) is 10.2. The van der Waals surface area contributed by atoms with Crippen LogP contribution < -0.4 is 11.2 Å². The zero-order chi connectivity index (χ0) is 12.8. The Labute approximate surface area is 98.9 Å². The van der Waals surface area contributed by atoms with Crippen molar-refractivity contribution in [2.45, 2.75) is 32.7 Å². The molecule has 96 valence electrons. The first kappa shape index (κ1) is 13.5. The van der Waals surface area contributed by atoms with Gasteiger partial charge in [-0.25, -0.2) is 4.79 Å². The van der Waals surface area contributed by atoms with Crippen LogP contribution in [-0.4, -0.2) is 28.4 Å². The number of unbranched alkanes of at least 4 members (excludes halogenated alkanes) is 2. The van der Waals surface area contributed by atoms with Gasteiger partial charge in [0.15, 0.2) is 0 Å². The number of hydrogen-bond acceptors (Lipinski definition) is 4. The summed E-state index contributed by atoms with van der Waals surface area (Å²) in [4.78, 5) is 24.8. The molecule has 1 rings (SSSR count). The van der Waals surface area contributed by atoms with Crippen molar-refractivity contribution in [3.8, 4) is 5.88 Å². The van der Waals surface area contributed by atoms with E-state index in [9.17, 15) is 14.7 Å². The molecule has 0 aliphatic heterocycles. The van der Waals surface area contributed by atoms with E-state index in [1.54, 1.807) is 7.11 Å². The summed E-state index contributed by atoms with van der Waals surface area (Å²) < 4.78 is 6.10. The molecule has 1 aromatic heterocycles. The highest BCUT2D eigenvalue weighted by Crippen LogP contribution is 2.09. The highest BCUT2D eigenvalue weighted by atomic mass is 16.5. The SMILES string of the molecule is COCCCCCn1c(O)c(C)c(=O)[nH]c1=O. The molecule has 1 aromatic rings. The smallest absolute Gasteiger partial charge is 0.331 e. The van der Waals surface area contributed by atoms with E-state index in [-0.39, 0.29) is 11.4 Å². The van der Waals surface area contributed by atoms with Gasteiger partial charge in [-0.1, -0.05) is 0 Å². The summed E-state index contributed by atoms with van der Waals surface area (Å²) in [7, 11) is 1.64. The number of H-pyrrole nitrogens is 1. The molecule has 0 amide bonds. The molecule has 0 unspecified atom stereocenters. The van der Waals surface area contributed by atoms with Crippen molar-refractivity contribution in [3.05, 3.63) is 26.4 Å². The number of methoxy groups -OCH3 is 1.